The second-order valence-corrected chi connectivity index (χ2v) is 8.02. The predicted molar refractivity (Wildman–Crippen MR) is 117 cm³/mol. The molecule has 146 valence electrons. The van der Waals surface area contributed by atoms with Crippen LogP contribution in [-0.4, -0.2) is 17.1 Å². The molecule has 0 fully saturated rings. The van der Waals surface area contributed by atoms with Crippen LogP contribution in [0.1, 0.15) is 30.1 Å². The first kappa shape index (κ1) is 20.6. The Morgan fingerprint density at radius 3 is 2.89 bits per heavy atom. The minimum Gasteiger partial charge on any atom is -0.494 e. The number of benzene rings is 2. The van der Waals surface area contributed by atoms with Crippen LogP contribution < -0.4 is 9.54 Å². The van der Waals surface area contributed by atoms with Crippen LogP contribution in [0.25, 0.3) is 10.2 Å². The molecule has 28 heavy (non-hydrogen) atoms. The number of aromatic nitrogens is 1. The van der Waals surface area contributed by atoms with Crippen LogP contribution in [0.15, 0.2) is 54.0 Å². The molecule has 1 aromatic heterocycles. The van der Waals surface area contributed by atoms with Crippen molar-refractivity contribution in [1.29, 1.82) is 0 Å². The molecule has 0 atom stereocenters. The summed E-state index contributed by atoms with van der Waals surface area (Å²) < 4.78 is 8.41. The molecule has 1 amide bonds. The van der Waals surface area contributed by atoms with E-state index in [2.05, 4.69) is 18.5 Å². The highest BCUT2D eigenvalue weighted by molar-refractivity contribution is 7.16. The summed E-state index contributed by atoms with van der Waals surface area (Å²) >= 11 is 13.9. The van der Waals surface area contributed by atoms with Crippen molar-refractivity contribution in [3.05, 3.63) is 69.5 Å². The maximum atomic E-state index is 12.8. The zero-order valence-corrected chi connectivity index (χ0v) is 17.8. The number of halogens is 2. The van der Waals surface area contributed by atoms with Gasteiger partial charge in [-0.2, -0.15) is 4.99 Å². The van der Waals surface area contributed by atoms with Gasteiger partial charge in [-0.3, -0.25) is 4.79 Å². The van der Waals surface area contributed by atoms with Crippen LogP contribution in [0.2, 0.25) is 10.0 Å². The van der Waals surface area contributed by atoms with Gasteiger partial charge in [-0.1, -0.05) is 60.0 Å². The number of carbonyl (C=O) groups is 1. The Morgan fingerprint density at radius 2 is 2.14 bits per heavy atom. The number of nitrogens with zero attached hydrogens (tertiary/aromatic N) is 2. The van der Waals surface area contributed by atoms with E-state index in [9.17, 15) is 4.79 Å². The SMILES string of the molecule is C=CCn1c(=NC(=O)c2cccc(OCCCC)c2)sc2cc(Cl)cc(Cl)c21. The number of carbonyl (C=O) groups excluding carboxylic acids is 1. The molecular formula is C21H20Cl2N2O2S. The molecule has 0 aliphatic rings. The summed E-state index contributed by atoms with van der Waals surface area (Å²) in [7, 11) is 0. The van der Waals surface area contributed by atoms with Gasteiger partial charge >= 0.3 is 0 Å². The second kappa shape index (κ2) is 9.41. The van der Waals surface area contributed by atoms with Gasteiger partial charge in [-0.05, 0) is 36.8 Å². The lowest BCUT2D eigenvalue weighted by molar-refractivity contribution is 0.0997. The Morgan fingerprint density at radius 1 is 1.32 bits per heavy atom. The van der Waals surface area contributed by atoms with Crippen molar-refractivity contribution in [2.45, 2.75) is 26.3 Å². The van der Waals surface area contributed by atoms with Gasteiger partial charge in [0.25, 0.3) is 5.91 Å². The molecule has 0 bridgehead atoms. The first-order valence-corrected chi connectivity index (χ1v) is 10.5. The molecule has 4 nitrogen and oxygen atoms in total. The summed E-state index contributed by atoms with van der Waals surface area (Å²) in [5.74, 6) is 0.326. The number of unbranched alkanes of at least 4 members (excludes halogenated alkanes) is 1. The van der Waals surface area contributed by atoms with Crippen molar-refractivity contribution in [2.75, 3.05) is 6.61 Å². The van der Waals surface area contributed by atoms with E-state index < -0.39 is 0 Å². The third-order valence-corrected chi connectivity index (χ3v) is 5.58. The fourth-order valence-corrected chi connectivity index (χ4v) is 4.54. The van der Waals surface area contributed by atoms with Gasteiger partial charge in [0, 0.05) is 17.1 Å². The number of hydrogen-bond acceptors (Lipinski definition) is 3. The van der Waals surface area contributed by atoms with Crippen LogP contribution in [0.3, 0.4) is 0 Å². The molecule has 0 unspecified atom stereocenters. The Hall–Kier alpha value is -2.08. The molecule has 1 heterocycles. The summed E-state index contributed by atoms with van der Waals surface area (Å²) in [4.78, 5) is 17.6. The van der Waals surface area contributed by atoms with E-state index in [0.29, 0.717) is 39.3 Å². The molecule has 0 aliphatic heterocycles. The van der Waals surface area contributed by atoms with Gasteiger partial charge in [0.05, 0.1) is 21.8 Å². The molecule has 0 spiro atoms. The van der Waals surface area contributed by atoms with Crippen LogP contribution in [0, 0.1) is 0 Å². The molecule has 0 saturated carbocycles. The van der Waals surface area contributed by atoms with Crippen LogP contribution >= 0.6 is 34.5 Å². The van der Waals surface area contributed by atoms with Gasteiger partial charge in [0.15, 0.2) is 4.80 Å². The van der Waals surface area contributed by atoms with Gasteiger partial charge in [0.2, 0.25) is 0 Å². The Kier molecular flexibility index (Phi) is 6.94. The molecule has 3 aromatic rings. The highest BCUT2D eigenvalue weighted by Gasteiger charge is 2.13. The number of ether oxygens (including phenoxy) is 1. The number of rotatable bonds is 7. The highest BCUT2D eigenvalue weighted by atomic mass is 35.5. The largest absolute Gasteiger partial charge is 0.494 e. The van der Waals surface area contributed by atoms with Crippen LogP contribution in [-0.2, 0) is 6.54 Å². The standard InChI is InChI=1S/C21H20Cl2N2O2S/c1-3-5-10-27-16-8-6-7-14(11-16)20(26)24-21-25(9-4-2)19-17(23)12-15(22)13-18(19)28-21/h4,6-8,11-13H,2-3,5,9-10H2,1H3. The molecule has 0 saturated heterocycles. The lowest BCUT2D eigenvalue weighted by atomic mass is 10.2. The minimum absolute atomic E-state index is 0.340. The summed E-state index contributed by atoms with van der Waals surface area (Å²) in [6, 6.07) is 10.6. The molecule has 0 N–H and O–H groups in total. The first-order chi connectivity index (χ1) is 13.5. The highest BCUT2D eigenvalue weighted by Crippen LogP contribution is 2.29. The number of thiazole rings is 1. The molecule has 3 rings (SSSR count). The second-order valence-electron chi connectivity index (χ2n) is 6.17. The molecular weight excluding hydrogens is 415 g/mol. The number of hydrogen-bond donors (Lipinski definition) is 0. The van der Waals surface area contributed by atoms with Gasteiger partial charge in [-0.15, -0.1) is 6.58 Å². The third-order valence-electron chi connectivity index (χ3n) is 4.05. The smallest absolute Gasteiger partial charge is 0.279 e. The average Bonchev–Trinajstić information content (AvgIpc) is 2.99. The van der Waals surface area contributed by atoms with Crippen molar-refractivity contribution < 1.29 is 9.53 Å². The summed E-state index contributed by atoms with van der Waals surface area (Å²) in [6.07, 6.45) is 3.76. The summed E-state index contributed by atoms with van der Waals surface area (Å²) in [5.41, 5.74) is 1.26. The maximum Gasteiger partial charge on any atom is 0.279 e. The van der Waals surface area contributed by atoms with Crippen LogP contribution in [0.4, 0.5) is 0 Å². The number of fused-ring (bicyclic) bond motifs is 1. The zero-order chi connectivity index (χ0) is 20.1. The molecule has 2 aromatic carbocycles. The van der Waals surface area contributed by atoms with Crippen molar-refractivity contribution in [3.8, 4) is 5.75 Å². The lowest BCUT2D eigenvalue weighted by Gasteiger charge is -2.06. The summed E-state index contributed by atoms with van der Waals surface area (Å²) in [6.45, 7) is 6.99. The van der Waals surface area contributed by atoms with Gasteiger partial charge in [-0.25, -0.2) is 0 Å². The Labute approximate surface area is 177 Å². The molecule has 0 aliphatic carbocycles. The quantitative estimate of drug-likeness (QED) is 0.332. The monoisotopic (exact) mass is 434 g/mol. The number of allylic oxidation sites excluding steroid dienone is 1. The lowest BCUT2D eigenvalue weighted by Crippen LogP contribution is -2.16. The van der Waals surface area contributed by atoms with Crippen LogP contribution in [0.5, 0.6) is 5.75 Å². The van der Waals surface area contributed by atoms with Crippen molar-refractivity contribution in [3.63, 3.8) is 0 Å². The van der Waals surface area contributed by atoms with Gasteiger partial charge < -0.3 is 9.30 Å². The van der Waals surface area contributed by atoms with E-state index in [-0.39, 0.29) is 5.91 Å². The Bertz CT molecular complexity index is 1090. The van der Waals surface area contributed by atoms with Crippen molar-refractivity contribution in [1.82, 2.24) is 4.57 Å². The van der Waals surface area contributed by atoms with Crippen molar-refractivity contribution >= 4 is 50.7 Å². The van der Waals surface area contributed by atoms with Crippen molar-refractivity contribution in [2.24, 2.45) is 4.99 Å². The number of amides is 1. The fraction of sp³-hybridized carbons (Fsp3) is 0.238. The third kappa shape index (κ3) is 4.66. The van der Waals surface area contributed by atoms with Gasteiger partial charge in [0.1, 0.15) is 5.75 Å². The molecule has 0 radical (unpaired) electrons. The summed E-state index contributed by atoms with van der Waals surface area (Å²) in [5, 5.41) is 1.06. The Balaban J connectivity index is 2.01. The zero-order valence-electron chi connectivity index (χ0n) is 15.5. The van der Waals surface area contributed by atoms with E-state index in [1.165, 1.54) is 11.3 Å². The normalized spacial score (nSPS) is 11.8. The van der Waals surface area contributed by atoms with E-state index in [0.717, 1.165) is 23.1 Å². The maximum absolute atomic E-state index is 12.8. The van der Waals surface area contributed by atoms with E-state index in [1.54, 1.807) is 30.3 Å². The topological polar surface area (TPSA) is 43.6 Å². The minimum atomic E-state index is -0.340. The van der Waals surface area contributed by atoms with E-state index in [1.807, 2.05) is 16.7 Å². The van der Waals surface area contributed by atoms with E-state index >= 15 is 0 Å². The average molecular weight is 435 g/mol. The fourth-order valence-electron chi connectivity index (χ4n) is 2.72. The predicted octanol–water partition coefficient (Wildman–Crippen LogP) is 6.12. The molecule has 7 heteroatoms. The van der Waals surface area contributed by atoms with E-state index in [4.69, 9.17) is 27.9 Å². The first-order valence-electron chi connectivity index (χ1n) is 8.94.